The Kier molecular flexibility index (Phi) is 6.78. The minimum Gasteiger partial charge on any atom is -0.392 e. The number of hydrogen-bond donors (Lipinski definition) is 5. The van der Waals surface area contributed by atoms with Gasteiger partial charge in [-0.05, 0) is 24.1 Å². The van der Waals surface area contributed by atoms with Gasteiger partial charge < -0.3 is 27.2 Å². The van der Waals surface area contributed by atoms with Gasteiger partial charge >= 0.3 is 0 Å². The first-order chi connectivity index (χ1) is 12.8. The van der Waals surface area contributed by atoms with Crippen LogP contribution in [0.2, 0.25) is 0 Å². The number of aliphatic hydroxyl groups is 1. The molecule has 1 heterocycles. The molecule has 1 aliphatic rings. The van der Waals surface area contributed by atoms with Crippen LogP contribution in [0.1, 0.15) is 25.3 Å². The van der Waals surface area contributed by atoms with Crippen molar-refractivity contribution in [3.8, 4) is 0 Å². The van der Waals surface area contributed by atoms with E-state index < -0.39 is 12.1 Å². The highest BCUT2D eigenvalue weighted by molar-refractivity contribution is 6.67. The summed E-state index contributed by atoms with van der Waals surface area (Å²) >= 11 is 6.05. The Morgan fingerprint density at radius 3 is 2.56 bits per heavy atom. The van der Waals surface area contributed by atoms with Gasteiger partial charge in [0, 0.05) is 12.2 Å². The van der Waals surface area contributed by atoms with Crippen LogP contribution in [0, 0.1) is 5.41 Å². The molecule has 0 saturated carbocycles. The van der Waals surface area contributed by atoms with E-state index in [9.17, 15) is 9.90 Å². The van der Waals surface area contributed by atoms with Crippen molar-refractivity contribution in [1.29, 1.82) is 5.41 Å². The van der Waals surface area contributed by atoms with E-state index in [0.29, 0.717) is 12.2 Å². The van der Waals surface area contributed by atoms with Gasteiger partial charge in [0.2, 0.25) is 5.96 Å². The van der Waals surface area contributed by atoms with Crippen molar-refractivity contribution in [2.75, 3.05) is 11.4 Å². The van der Waals surface area contributed by atoms with Gasteiger partial charge in [0.1, 0.15) is 17.2 Å². The summed E-state index contributed by atoms with van der Waals surface area (Å²) in [5.41, 5.74) is 18.6. The number of anilines is 1. The van der Waals surface area contributed by atoms with E-state index in [-0.39, 0.29) is 29.3 Å². The number of rotatable bonds is 6. The van der Waals surface area contributed by atoms with Crippen LogP contribution in [0.3, 0.4) is 0 Å². The second-order valence-corrected chi connectivity index (χ2v) is 6.39. The number of primary amides is 1. The van der Waals surface area contributed by atoms with E-state index in [0.717, 1.165) is 18.4 Å². The Morgan fingerprint density at radius 1 is 1.41 bits per heavy atom. The molecule has 0 aromatic heterocycles. The first-order valence-corrected chi connectivity index (χ1v) is 8.83. The predicted molar refractivity (Wildman–Crippen MR) is 106 cm³/mol. The zero-order valence-electron chi connectivity index (χ0n) is 15.0. The zero-order valence-corrected chi connectivity index (χ0v) is 15.8. The number of benzene rings is 1. The molecule has 0 saturated heterocycles. The first-order valence-electron chi connectivity index (χ1n) is 8.46. The lowest BCUT2D eigenvalue weighted by Crippen LogP contribution is -2.58. The van der Waals surface area contributed by atoms with Crippen LogP contribution in [0.15, 0.2) is 40.8 Å². The molecule has 1 amide bonds. The molecule has 1 unspecified atom stereocenters. The number of carbonyl (C=O) groups is 1. The maximum absolute atomic E-state index is 11.6. The molecule has 1 aromatic rings. The van der Waals surface area contributed by atoms with Crippen molar-refractivity contribution in [1.82, 2.24) is 4.90 Å². The van der Waals surface area contributed by atoms with Crippen LogP contribution >= 0.6 is 11.6 Å². The molecule has 1 aliphatic heterocycles. The van der Waals surface area contributed by atoms with Gasteiger partial charge in [-0.15, -0.1) is 0 Å². The van der Waals surface area contributed by atoms with Gasteiger partial charge in [-0.3, -0.25) is 15.1 Å². The first kappa shape index (κ1) is 20.7. The molecule has 27 heavy (non-hydrogen) atoms. The molecular formula is C17H24ClN7O2. The molecule has 0 bridgehead atoms. The summed E-state index contributed by atoms with van der Waals surface area (Å²) in [5.74, 6) is -1.04. The molecule has 1 atom stereocenters. The second-order valence-electron chi connectivity index (χ2n) is 6.00. The largest absolute Gasteiger partial charge is 0.392 e. The molecular weight excluding hydrogens is 370 g/mol. The Balaban J connectivity index is 2.43. The smallest absolute Gasteiger partial charge is 0.271 e. The van der Waals surface area contributed by atoms with Crippen LogP contribution in [0.4, 0.5) is 5.69 Å². The number of hydrogen-bond acceptors (Lipinski definition) is 6. The van der Waals surface area contributed by atoms with Crippen molar-refractivity contribution in [2.45, 2.75) is 32.5 Å². The summed E-state index contributed by atoms with van der Waals surface area (Å²) in [5, 5.41) is 17.8. The SMILES string of the molecule is CCCCN(C(=N)N1C(N)=C(C(N)=O)N=C(Cl)C1N)c1ccc(CO)cc1. The highest BCUT2D eigenvalue weighted by atomic mass is 35.5. The molecule has 1 aromatic carbocycles. The number of aliphatic hydroxyl groups excluding tert-OH is 1. The molecule has 0 fully saturated rings. The molecule has 10 heteroatoms. The minimum atomic E-state index is -1.01. The standard InChI is InChI=1S/C17H24ClN7O2/c1-2-3-8-24(11-6-4-10(9-26)5-7-11)17(22)25-14(19)12(16(21)27)23-13(18)15(25)20/h4-7,15,22,26H,2-3,8-9,19-20H2,1H3,(H2,21,27). The Hall–Kier alpha value is -2.62. The predicted octanol–water partition coefficient (Wildman–Crippen LogP) is 0.571. The van der Waals surface area contributed by atoms with Crippen molar-refractivity contribution >= 4 is 34.3 Å². The van der Waals surface area contributed by atoms with Gasteiger partial charge in [0.15, 0.2) is 5.70 Å². The monoisotopic (exact) mass is 393 g/mol. The third kappa shape index (κ3) is 4.38. The number of unbranched alkanes of at least 4 members (excludes halogenated alkanes) is 1. The van der Waals surface area contributed by atoms with Crippen molar-refractivity contribution in [3.05, 3.63) is 41.3 Å². The average Bonchev–Trinajstić information content (AvgIpc) is 2.65. The summed E-state index contributed by atoms with van der Waals surface area (Å²) in [6, 6.07) is 7.10. The number of nitrogens with zero attached hydrogens (tertiary/aromatic N) is 3. The highest BCUT2D eigenvalue weighted by Gasteiger charge is 2.34. The quantitative estimate of drug-likeness (QED) is 0.351. The number of nitrogens with two attached hydrogens (primary N) is 3. The van der Waals surface area contributed by atoms with E-state index >= 15 is 0 Å². The number of guanidine groups is 1. The minimum absolute atomic E-state index is 0.0583. The lowest BCUT2D eigenvalue weighted by Gasteiger charge is -2.38. The molecule has 9 nitrogen and oxygen atoms in total. The lowest BCUT2D eigenvalue weighted by molar-refractivity contribution is -0.114. The van der Waals surface area contributed by atoms with Crippen LogP contribution < -0.4 is 22.1 Å². The maximum Gasteiger partial charge on any atom is 0.271 e. The van der Waals surface area contributed by atoms with Crippen molar-refractivity contribution < 1.29 is 9.90 Å². The molecule has 0 spiro atoms. The zero-order chi connectivity index (χ0) is 20.1. The summed E-state index contributed by atoms with van der Waals surface area (Å²) in [7, 11) is 0. The van der Waals surface area contributed by atoms with Crippen LogP contribution in [0.25, 0.3) is 0 Å². The highest BCUT2D eigenvalue weighted by Crippen LogP contribution is 2.23. The summed E-state index contributed by atoms with van der Waals surface area (Å²) < 4.78 is 0. The number of nitrogens with one attached hydrogen (secondary N) is 1. The number of amides is 1. The van der Waals surface area contributed by atoms with Gasteiger partial charge in [0.05, 0.1) is 6.61 Å². The lowest BCUT2D eigenvalue weighted by atomic mass is 10.2. The summed E-state index contributed by atoms with van der Waals surface area (Å²) in [4.78, 5) is 18.4. The summed E-state index contributed by atoms with van der Waals surface area (Å²) in [6.07, 6.45) is 0.703. The van der Waals surface area contributed by atoms with E-state index in [1.807, 2.05) is 6.92 Å². The summed E-state index contributed by atoms with van der Waals surface area (Å²) in [6.45, 7) is 2.48. The number of carbonyl (C=O) groups excluding carboxylic acids is 1. The van der Waals surface area contributed by atoms with Crippen molar-refractivity contribution in [3.63, 3.8) is 0 Å². The van der Waals surface area contributed by atoms with Gasteiger partial charge in [-0.2, -0.15) is 0 Å². The molecule has 0 radical (unpaired) electrons. The molecule has 0 aliphatic carbocycles. The van der Waals surface area contributed by atoms with Gasteiger partial charge in [-0.1, -0.05) is 37.1 Å². The maximum atomic E-state index is 11.6. The average molecular weight is 394 g/mol. The third-order valence-corrected chi connectivity index (χ3v) is 4.43. The fourth-order valence-electron chi connectivity index (χ4n) is 2.61. The van der Waals surface area contributed by atoms with E-state index in [2.05, 4.69) is 4.99 Å². The Bertz CT molecular complexity index is 776. The van der Waals surface area contributed by atoms with E-state index in [1.165, 1.54) is 4.90 Å². The van der Waals surface area contributed by atoms with Crippen molar-refractivity contribution in [2.24, 2.45) is 22.2 Å². The van der Waals surface area contributed by atoms with E-state index in [1.54, 1.807) is 29.2 Å². The van der Waals surface area contributed by atoms with Gasteiger partial charge in [0.25, 0.3) is 5.91 Å². The fraction of sp³-hybridized carbons (Fsp3) is 0.353. The van der Waals surface area contributed by atoms with Crippen LogP contribution in [0.5, 0.6) is 0 Å². The van der Waals surface area contributed by atoms with Crippen LogP contribution in [-0.4, -0.2) is 39.8 Å². The fourth-order valence-corrected chi connectivity index (χ4v) is 2.79. The van der Waals surface area contributed by atoms with E-state index in [4.69, 9.17) is 34.2 Å². The molecule has 2 rings (SSSR count). The number of aliphatic imine (C=N–C) groups is 1. The van der Waals surface area contributed by atoms with Gasteiger partial charge in [-0.25, -0.2) is 4.99 Å². The van der Waals surface area contributed by atoms with Crippen LogP contribution in [-0.2, 0) is 11.4 Å². The number of halogens is 1. The molecule has 8 N–H and O–H groups in total. The Morgan fingerprint density at radius 2 is 2.04 bits per heavy atom. The third-order valence-electron chi connectivity index (χ3n) is 4.13. The Labute approximate surface area is 162 Å². The topological polar surface area (TPSA) is 158 Å². The molecule has 146 valence electrons. The normalized spacial score (nSPS) is 17.0. The second kappa shape index (κ2) is 8.85.